The van der Waals surface area contributed by atoms with Gasteiger partial charge in [-0.2, -0.15) is 5.10 Å². The number of nitrogens with zero attached hydrogens (tertiary/aromatic N) is 5. The fourth-order valence-corrected chi connectivity index (χ4v) is 4.97. The first-order chi connectivity index (χ1) is 15.5. The summed E-state index contributed by atoms with van der Waals surface area (Å²) >= 11 is 0. The quantitative estimate of drug-likeness (QED) is 0.528. The van der Waals surface area contributed by atoms with Gasteiger partial charge in [-0.1, -0.05) is 0 Å². The summed E-state index contributed by atoms with van der Waals surface area (Å²) in [6.45, 7) is 4.45. The standard InChI is InChI=1S/C23H29N7O2/c1-15-10-23(14-32-15)5-7-30(8-6-23)22-20(13-31)26-21(19(11-24)27-22)25-17-4-3-16-12-29(2)28-18(16)9-17/h3-4,9,11-12,15,24,31H,5-8,10,13-14H2,1-2H3,(H,25,26)/t15-/m0/s1. The maximum Gasteiger partial charge on any atom is 0.158 e. The highest BCUT2D eigenvalue weighted by Gasteiger charge is 2.41. The van der Waals surface area contributed by atoms with E-state index < -0.39 is 0 Å². The van der Waals surface area contributed by atoms with Gasteiger partial charge in [-0.3, -0.25) is 4.68 Å². The van der Waals surface area contributed by atoms with Gasteiger partial charge in [0.1, 0.15) is 11.4 Å². The number of aryl methyl sites for hydroxylation is 1. The number of fused-ring (bicyclic) bond motifs is 1. The lowest BCUT2D eigenvalue weighted by Crippen LogP contribution is -2.41. The minimum atomic E-state index is -0.212. The largest absolute Gasteiger partial charge is 0.390 e. The molecule has 2 aromatic heterocycles. The summed E-state index contributed by atoms with van der Waals surface area (Å²) < 4.78 is 7.61. The predicted molar refractivity (Wildman–Crippen MR) is 124 cm³/mol. The van der Waals surface area contributed by atoms with Crippen molar-refractivity contribution in [2.45, 2.75) is 38.9 Å². The van der Waals surface area contributed by atoms with Crippen LogP contribution in [-0.2, 0) is 18.4 Å². The van der Waals surface area contributed by atoms with Gasteiger partial charge in [0.15, 0.2) is 11.6 Å². The molecule has 0 radical (unpaired) electrons. The molecule has 0 bridgehead atoms. The second-order valence-electron chi connectivity index (χ2n) is 9.04. The van der Waals surface area contributed by atoms with Gasteiger partial charge in [-0.05, 0) is 49.8 Å². The zero-order valence-corrected chi connectivity index (χ0v) is 18.5. The molecule has 2 aliphatic heterocycles. The Morgan fingerprint density at radius 2 is 2.12 bits per heavy atom. The smallest absolute Gasteiger partial charge is 0.158 e. The Bertz CT molecular complexity index is 1150. The molecule has 32 heavy (non-hydrogen) atoms. The van der Waals surface area contributed by atoms with Crippen LogP contribution >= 0.6 is 0 Å². The van der Waals surface area contributed by atoms with Gasteiger partial charge in [-0.25, -0.2) is 9.97 Å². The number of benzene rings is 1. The molecular weight excluding hydrogens is 406 g/mol. The molecule has 0 saturated carbocycles. The Kier molecular flexibility index (Phi) is 5.30. The van der Waals surface area contributed by atoms with Crippen LogP contribution in [0.15, 0.2) is 24.4 Å². The lowest BCUT2D eigenvalue weighted by atomic mass is 9.77. The summed E-state index contributed by atoms with van der Waals surface area (Å²) in [5, 5.41) is 26.7. The molecule has 9 nitrogen and oxygen atoms in total. The highest BCUT2D eigenvalue weighted by molar-refractivity contribution is 5.86. The van der Waals surface area contributed by atoms with E-state index in [0.717, 1.165) is 55.5 Å². The second-order valence-corrected chi connectivity index (χ2v) is 9.04. The van der Waals surface area contributed by atoms with E-state index in [1.807, 2.05) is 31.4 Å². The van der Waals surface area contributed by atoms with Crippen molar-refractivity contribution in [3.63, 3.8) is 0 Å². The second kappa shape index (κ2) is 8.14. The van der Waals surface area contributed by atoms with Gasteiger partial charge in [0, 0.05) is 43.6 Å². The van der Waals surface area contributed by atoms with E-state index in [9.17, 15) is 5.11 Å². The summed E-state index contributed by atoms with van der Waals surface area (Å²) in [6.07, 6.45) is 6.67. The van der Waals surface area contributed by atoms with Crippen LogP contribution in [0.1, 0.15) is 37.6 Å². The average molecular weight is 436 g/mol. The first-order valence-electron chi connectivity index (χ1n) is 11.1. The maximum atomic E-state index is 10.0. The zero-order valence-electron chi connectivity index (χ0n) is 18.5. The maximum absolute atomic E-state index is 10.0. The van der Waals surface area contributed by atoms with Crippen LogP contribution in [-0.4, -0.2) is 56.9 Å². The van der Waals surface area contributed by atoms with Crippen molar-refractivity contribution < 1.29 is 9.84 Å². The molecular formula is C23H29N7O2. The van der Waals surface area contributed by atoms with Gasteiger partial charge in [-0.15, -0.1) is 0 Å². The Morgan fingerprint density at radius 3 is 2.81 bits per heavy atom. The Hall–Kier alpha value is -3.04. The molecule has 1 atom stereocenters. The molecule has 0 amide bonds. The molecule has 168 valence electrons. The van der Waals surface area contributed by atoms with Crippen molar-refractivity contribution in [3.8, 4) is 0 Å². The zero-order chi connectivity index (χ0) is 22.3. The highest BCUT2D eigenvalue weighted by Crippen LogP contribution is 2.42. The van der Waals surface area contributed by atoms with E-state index in [0.29, 0.717) is 29.1 Å². The third kappa shape index (κ3) is 3.82. The Labute approximate surface area is 186 Å². The minimum absolute atomic E-state index is 0.212. The van der Waals surface area contributed by atoms with E-state index >= 15 is 0 Å². The van der Waals surface area contributed by atoms with E-state index in [1.165, 1.54) is 6.21 Å². The summed E-state index contributed by atoms with van der Waals surface area (Å²) in [5.74, 6) is 1.12. The van der Waals surface area contributed by atoms with Crippen molar-refractivity contribution in [1.82, 2.24) is 19.7 Å². The molecule has 4 heterocycles. The van der Waals surface area contributed by atoms with Crippen molar-refractivity contribution in [3.05, 3.63) is 35.8 Å². The molecule has 0 aliphatic carbocycles. The highest BCUT2D eigenvalue weighted by atomic mass is 16.5. The summed E-state index contributed by atoms with van der Waals surface area (Å²) in [7, 11) is 1.89. The number of hydrogen-bond donors (Lipinski definition) is 3. The lowest BCUT2D eigenvalue weighted by molar-refractivity contribution is 0.0975. The van der Waals surface area contributed by atoms with Crippen LogP contribution in [0.3, 0.4) is 0 Å². The number of aromatic nitrogens is 4. The minimum Gasteiger partial charge on any atom is -0.390 e. The topological polar surface area (TPSA) is 112 Å². The molecule has 9 heteroatoms. The summed E-state index contributed by atoms with van der Waals surface area (Å²) in [5.41, 5.74) is 2.90. The van der Waals surface area contributed by atoms with Gasteiger partial charge in [0.05, 0.1) is 24.8 Å². The van der Waals surface area contributed by atoms with Gasteiger partial charge < -0.3 is 25.5 Å². The van der Waals surface area contributed by atoms with Gasteiger partial charge in [0.25, 0.3) is 0 Å². The van der Waals surface area contributed by atoms with Crippen LogP contribution < -0.4 is 10.2 Å². The number of hydrogen-bond acceptors (Lipinski definition) is 8. The molecule has 5 rings (SSSR count). The molecule has 0 unspecified atom stereocenters. The number of ether oxygens (including phenoxy) is 1. The van der Waals surface area contributed by atoms with E-state index in [2.05, 4.69) is 27.2 Å². The first kappa shape index (κ1) is 20.8. The Balaban J connectivity index is 1.40. The van der Waals surface area contributed by atoms with E-state index in [1.54, 1.807) is 4.68 Å². The molecule has 2 fully saturated rings. The molecule has 2 aliphatic rings. The van der Waals surface area contributed by atoms with Crippen LogP contribution in [0, 0.1) is 10.8 Å². The SMILES string of the molecule is C[C@H]1CC2(CCN(c3nc(C=N)c(Nc4ccc5cn(C)nc5c4)nc3CO)CC2)CO1. The molecule has 3 aromatic rings. The number of rotatable bonds is 5. The fraction of sp³-hybridized carbons (Fsp3) is 0.478. The number of aliphatic hydroxyl groups excluding tert-OH is 1. The number of piperidine rings is 1. The lowest BCUT2D eigenvalue weighted by Gasteiger charge is -2.39. The normalized spacial score (nSPS) is 20.2. The van der Waals surface area contributed by atoms with Crippen LogP contribution in [0.4, 0.5) is 17.3 Å². The van der Waals surface area contributed by atoms with E-state index in [4.69, 9.17) is 15.1 Å². The number of aliphatic hydroxyl groups is 1. The molecule has 2 saturated heterocycles. The van der Waals surface area contributed by atoms with E-state index in [-0.39, 0.29) is 12.0 Å². The van der Waals surface area contributed by atoms with Gasteiger partial charge >= 0.3 is 0 Å². The van der Waals surface area contributed by atoms with Crippen LogP contribution in [0.25, 0.3) is 10.9 Å². The monoisotopic (exact) mass is 435 g/mol. The number of nitrogens with one attached hydrogen (secondary N) is 2. The van der Waals surface area contributed by atoms with Crippen LogP contribution in [0.2, 0.25) is 0 Å². The molecule has 3 N–H and O–H groups in total. The summed E-state index contributed by atoms with van der Waals surface area (Å²) in [6, 6.07) is 5.87. The van der Waals surface area contributed by atoms with Crippen molar-refractivity contribution in [2.24, 2.45) is 12.5 Å². The summed E-state index contributed by atoms with van der Waals surface area (Å²) in [4.78, 5) is 11.6. The number of anilines is 3. The molecule has 1 spiro atoms. The Morgan fingerprint density at radius 1 is 1.31 bits per heavy atom. The fourth-order valence-electron chi connectivity index (χ4n) is 4.97. The third-order valence-electron chi connectivity index (χ3n) is 6.66. The third-order valence-corrected chi connectivity index (χ3v) is 6.66. The van der Waals surface area contributed by atoms with Gasteiger partial charge in [0.2, 0.25) is 0 Å². The first-order valence-corrected chi connectivity index (χ1v) is 11.1. The van der Waals surface area contributed by atoms with Crippen molar-refractivity contribution >= 4 is 34.4 Å². The van der Waals surface area contributed by atoms with Crippen molar-refractivity contribution in [1.29, 1.82) is 5.41 Å². The van der Waals surface area contributed by atoms with Crippen molar-refractivity contribution in [2.75, 3.05) is 29.9 Å². The average Bonchev–Trinajstić information content (AvgIpc) is 3.35. The predicted octanol–water partition coefficient (Wildman–Crippen LogP) is 2.99. The molecule has 1 aromatic carbocycles. The van der Waals surface area contributed by atoms with Crippen LogP contribution in [0.5, 0.6) is 0 Å².